The first-order valence-electron chi connectivity index (χ1n) is 10.5. The maximum atomic E-state index is 12.9. The van der Waals surface area contributed by atoms with Gasteiger partial charge in [-0.2, -0.15) is 13.2 Å². The minimum atomic E-state index is -4.58. The van der Waals surface area contributed by atoms with Crippen LogP contribution in [0.3, 0.4) is 0 Å². The van der Waals surface area contributed by atoms with Crippen molar-refractivity contribution in [3.63, 3.8) is 0 Å². The fraction of sp³-hybridized carbons (Fsp3) is 0.280. The van der Waals surface area contributed by atoms with Gasteiger partial charge >= 0.3 is 6.18 Å². The second kappa shape index (κ2) is 7.65. The highest BCUT2D eigenvalue weighted by Gasteiger charge is 2.42. The van der Waals surface area contributed by atoms with Crippen molar-refractivity contribution >= 4 is 5.91 Å². The van der Waals surface area contributed by atoms with Gasteiger partial charge in [-0.05, 0) is 40.7 Å². The molecule has 0 aliphatic heterocycles. The molecule has 164 valence electrons. The Morgan fingerprint density at radius 2 is 1.53 bits per heavy atom. The maximum absolute atomic E-state index is 12.9. The van der Waals surface area contributed by atoms with E-state index in [0.29, 0.717) is 12.7 Å². The number of halogens is 3. The van der Waals surface area contributed by atoms with Crippen LogP contribution in [0.1, 0.15) is 46.1 Å². The molecule has 4 nitrogen and oxygen atoms in total. The molecule has 7 heteroatoms. The number of hydrogen-bond acceptors (Lipinski definition) is 2. The topological polar surface area (TPSA) is 51.1 Å². The number of rotatable bonds is 4. The highest BCUT2D eigenvalue weighted by atomic mass is 19.4. The standard InChI is InChI=1S/C25H21F3N2O2/c26-25(27,28)16-9-10-23(32)30(13-16)14-22(31)29-12-15-11-21-17-5-1-3-7-19(17)24(15)20-8-4-2-6-18(20)21/h1-10,13,15,21,24H,11-12,14H2,(H,29,31)/t15-,21?,24?/m0/s1. The summed E-state index contributed by atoms with van der Waals surface area (Å²) in [4.78, 5) is 24.4. The van der Waals surface area contributed by atoms with Crippen molar-refractivity contribution in [3.8, 4) is 0 Å². The average molecular weight is 438 g/mol. The van der Waals surface area contributed by atoms with Gasteiger partial charge in [-0.1, -0.05) is 48.5 Å². The van der Waals surface area contributed by atoms with Crippen LogP contribution in [0, 0.1) is 5.92 Å². The van der Waals surface area contributed by atoms with E-state index >= 15 is 0 Å². The van der Waals surface area contributed by atoms with Crippen molar-refractivity contribution in [1.29, 1.82) is 0 Å². The van der Waals surface area contributed by atoms with Gasteiger partial charge in [0.15, 0.2) is 0 Å². The van der Waals surface area contributed by atoms with Crippen molar-refractivity contribution in [2.75, 3.05) is 6.54 Å². The summed E-state index contributed by atoms with van der Waals surface area (Å²) in [6.45, 7) is -0.0485. The Morgan fingerprint density at radius 3 is 2.12 bits per heavy atom. The van der Waals surface area contributed by atoms with Crippen molar-refractivity contribution in [3.05, 3.63) is 105 Å². The van der Waals surface area contributed by atoms with Gasteiger partial charge < -0.3 is 9.88 Å². The summed E-state index contributed by atoms with van der Waals surface area (Å²) >= 11 is 0. The molecule has 3 aliphatic carbocycles. The van der Waals surface area contributed by atoms with E-state index in [1.807, 2.05) is 24.3 Å². The largest absolute Gasteiger partial charge is 0.417 e. The molecule has 1 heterocycles. The third-order valence-electron chi connectivity index (χ3n) is 6.61. The van der Waals surface area contributed by atoms with Gasteiger partial charge in [-0.25, -0.2) is 0 Å². The number of benzene rings is 2. The predicted octanol–water partition coefficient (Wildman–Crippen LogP) is 4.28. The van der Waals surface area contributed by atoms with Crippen LogP contribution in [-0.4, -0.2) is 17.0 Å². The normalized spacial score (nSPS) is 21.0. The number of carbonyl (C=O) groups is 1. The second-order valence-electron chi connectivity index (χ2n) is 8.47. The van der Waals surface area contributed by atoms with E-state index in [1.165, 1.54) is 22.3 Å². The maximum Gasteiger partial charge on any atom is 0.417 e. The minimum absolute atomic E-state index is 0.156. The van der Waals surface area contributed by atoms with Crippen LogP contribution in [0.25, 0.3) is 0 Å². The Kier molecular flexibility index (Phi) is 4.92. The molecule has 0 spiro atoms. The molecule has 2 aromatic carbocycles. The van der Waals surface area contributed by atoms with Gasteiger partial charge in [0.25, 0.3) is 5.56 Å². The summed E-state index contributed by atoms with van der Waals surface area (Å²) in [6.07, 6.45) is -2.99. The van der Waals surface area contributed by atoms with Crippen LogP contribution in [0.4, 0.5) is 13.2 Å². The van der Waals surface area contributed by atoms with E-state index in [1.54, 1.807) is 0 Å². The number of carbonyl (C=O) groups excluding carboxylic acids is 1. The van der Waals surface area contributed by atoms with Crippen LogP contribution < -0.4 is 10.9 Å². The van der Waals surface area contributed by atoms with E-state index < -0.39 is 29.8 Å². The Bertz CT molecular complexity index is 1200. The number of alkyl halides is 3. The molecule has 32 heavy (non-hydrogen) atoms. The zero-order chi connectivity index (χ0) is 22.5. The Labute approximate surface area is 182 Å². The van der Waals surface area contributed by atoms with Gasteiger partial charge in [0.1, 0.15) is 6.54 Å². The number of nitrogens with zero attached hydrogens (tertiary/aromatic N) is 1. The van der Waals surface area contributed by atoms with Crippen molar-refractivity contribution in [2.45, 2.75) is 31.0 Å². The zero-order valence-electron chi connectivity index (χ0n) is 17.1. The van der Waals surface area contributed by atoms with Gasteiger partial charge in [0, 0.05) is 30.6 Å². The van der Waals surface area contributed by atoms with Crippen LogP contribution in [0.5, 0.6) is 0 Å². The van der Waals surface area contributed by atoms with E-state index in [-0.39, 0.29) is 17.8 Å². The molecular weight excluding hydrogens is 417 g/mol. The molecule has 0 fully saturated rings. The third kappa shape index (κ3) is 3.51. The number of fused-ring (bicyclic) bond motifs is 1. The minimum Gasteiger partial charge on any atom is -0.354 e. The number of nitrogens with one attached hydrogen (secondary N) is 1. The Balaban J connectivity index is 1.33. The van der Waals surface area contributed by atoms with Crippen LogP contribution in [0.2, 0.25) is 0 Å². The predicted molar refractivity (Wildman–Crippen MR) is 113 cm³/mol. The average Bonchev–Trinajstić information content (AvgIpc) is 2.78. The number of pyridine rings is 1. The smallest absolute Gasteiger partial charge is 0.354 e. The lowest BCUT2D eigenvalue weighted by Crippen LogP contribution is -2.41. The summed E-state index contributed by atoms with van der Waals surface area (Å²) in [5, 5.41) is 2.85. The van der Waals surface area contributed by atoms with E-state index in [2.05, 4.69) is 29.6 Å². The lowest BCUT2D eigenvalue weighted by atomic mass is 9.59. The first-order valence-corrected chi connectivity index (χ1v) is 10.5. The molecule has 3 aromatic rings. The summed E-state index contributed by atoms with van der Waals surface area (Å²) in [5.41, 5.74) is 3.60. The van der Waals surface area contributed by atoms with Crippen molar-refractivity contribution < 1.29 is 18.0 Å². The third-order valence-corrected chi connectivity index (χ3v) is 6.61. The highest BCUT2D eigenvalue weighted by molar-refractivity contribution is 5.75. The van der Waals surface area contributed by atoms with Crippen LogP contribution in [-0.2, 0) is 17.5 Å². The van der Waals surface area contributed by atoms with Crippen molar-refractivity contribution in [2.24, 2.45) is 5.92 Å². The quantitative estimate of drug-likeness (QED) is 0.661. The van der Waals surface area contributed by atoms with E-state index in [0.717, 1.165) is 23.1 Å². The molecule has 6 rings (SSSR count). The zero-order valence-corrected chi connectivity index (χ0v) is 17.1. The number of amides is 1. The Hall–Kier alpha value is -3.35. The lowest BCUT2D eigenvalue weighted by Gasteiger charge is -2.45. The summed E-state index contributed by atoms with van der Waals surface area (Å²) in [7, 11) is 0. The van der Waals surface area contributed by atoms with Crippen molar-refractivity contribution in [1.82, 2.24) is 9.88 Å². The van der Waals surface area contributed by atoms with Gasteiger partial charge in [-0.3, -0.25) is 9.59 Å². The molecular formula is C25H21F3N2O2. The first kappa shape index (κ1) is 20.5. The molecule has 2 bridgehead atoms. The van der Waals surface area contributed by atoms with Gasteiger partial charge in [0.05, 0.1) is 5.56 Å². The molecule has 0 radical (unpaired) electrons. The summed E-state index contributed by atoms with van der Waals surface area (Å²) < 4.78 is 39.6. The molecule has 3 aliphatic rings. The molecule has 1 N–H and O–H groups in total. The molecule has 0 unspecified atom stereocenters. The Morgan fingerprint density at radius 1 is 0.938 bits per heavy atom. The first-order chi connectivity index (χ1) is 15.3. The van der Waals surface area contributed by atoms with E-state index in [9.17, 15) is 22.8 Å². The molecule has 1 amide bonds. The fourth-order valence-electron chi connectivity index (χ4n) is 5.24. The molecule has 1 aromatic heterocycles. The number of aromatic nitrogens is 1. The summed E-state index contributed by atoms with van der Waals surface area (Å²) in [6, 6.07) is 18.3. The molecule has 0 saturated heterocycles. The molecule has 1 atom stereocenters. The number of hydrogen-bond donors (Lipinski definition) is 1. The molecule has 0 saturated carbocycles. The summed E-state index contributed by atoms with van der Waals surface area (Å²) in [5.74, 6) is 0.116. The lowest BCUT2D eigenvalue weighted by molar-refractivity contribution is -0.138. The fourth-order valence-corrected chi connectivity index (χ4v) is 5.24. The van der Waals surface area contributed by atoms with Gasteiger partial charge in [-0.15, -0.1) is 0 Å². The van der Waals surface area contributed by atoms with Crippen LogP contribution in [0.15, 0.2) is 71.7 Å². The monoisotopic (exact) mass is 438 g/mol. The van der Waals surface area contributed by atoms with Gasteiger partial charge in [0.2, 0.25) is 5.91 Å². The highest BCUT2D eigenvalue weighted by Crippen LogP contribution is 2.55. The second-order valence-corrected chi connectivity index (χ2v) is 8.47. The van der Waals surface area contributed by atoms with E-state index in [4.69, 9.17) is 0 Å². The van der Waals surface area contributed by atoms with Crippen LogP contribution >= 0.6 is 0 Å². The SMILES string of the molecule is O=C(Cn1cc(C(F)(F)F)ccc1=O)NC[C@@H]1CC2c3ccccc3C1c1ccccc12.